The van der Waals surface area contributed by atoms with Crippen LogP contribution < -0.4 is 4.72 Å². The summed E-state index contributed by atoms with van der Waals surface area (Å²) >= 11 is 5.87. The zero-order valence-electron chi connectivity index (χ0n) is 19.8. The van der Waals surface area contributed by atoms with Gasteiger partial charge in [0.25, 0.3) is 0 Å². The highest BCUT2D eigenvalue weighted by Crippen LogP contribution is 2.28. The second-order valence-corrected chi connectivity index (χ2v) is 10.9. The van der Waals surface area contributed by atoms with Crippen LogP contribution in [-0.4, -0.2) is 63.2 Å². The summed E-state index contributed by atoms with van der Waals surface area (Å²) in [5, 5.41) is 7.76. The molecule has 1 aliphatic rings. The molecule has 3 aromatic rings. The number of rotatable bonds is 9. The van der Waals surface area contributed by atoms with E-state index in [1.807, 2.05) is 13.0 Å². The predicted molar refractivity (Wildman–Crippen MR) is 130 cm³/mol. The van der Waals surface area contributed by atoms with Crippen molar-refractivity contribution >= 4 is 27.6 Å². The molecule has 0 bridgehead atoms. The van der Waals surface area contributed by atoms with Crippen LogP contribution in [0.2, 0.25) is 5.02 Å². The van der Waals surface area contributed by atoms with Crippen LogP contribution >= 0.6 is 11.6 Å². The van der Waals surface area contributed by atoms with E-state index in [1.54, 1.807) is 17.0 Å². The fraction of sp³-hybridized carbons (Fsp3) is 0.500. The van der Waals surface area contributed by atoms with Gasteiger partial charge in [0.1, 0.15) is 11.4 Å². The zero-order chi connectivity index (χ0) is 25.0. The van der Waals surface area contributed by atoms with E-state index in [1.165, 1.54) is 26.4 Å². The number of aryl methyl sites for hydroxylation is 1. The molecule has 0 radical (unpaired) electrons. The molecule has 188 valence electrons. The third kappa shape index (κ3) is 5.95. The molecule has 0 saturated carbocycles. The van der Waals surface area contributed by atoms with Crippen molar-refractivity contribution in [3.05, 3.63) is 47.3 Å². The minimum Gasteiger partial charge on any atom is -0.376 e. The van der Waals surface area contributed by atoms with Gasteiger partial charge in [-0.05, 0) is 44.7 Å². The monoisotopic (exact) mass is 521 g/mol. The molecular weight excluding hydrogens is 494 g/mol. The van der Waals surface area contributed by atoms with E-state index in [2.05, 4.69) is 29.9 Å². The molecule has 4 rings (SSSR count). The lowest BCUT2D eigenvalue weighted by atomic mass is 10.1. The van der Waals surface area contributed by atoms with E-state index in [4.69, 9.17) is 21.1 Å². The molecule has 13 heteroatoms. The molecule has 3 atom stereocenters. The average Bonchev–Trinajstić information content (AvgIpc) is 3.22. The number of sulfonamides is 1. The second kappa shape index (κ2) is 10.9. The zero-order valence-corrected chi connectivity index (χ0v) is 21.3. The van der Waals surface area contributed by atoms with E-state index >= 15 is 0 Å². The molecule has 1 saturated heterocycles. The number of anilines is 1. The highest BCUT2D eigenvalue weighted by Gasteiger charge is 2.34. The normalized spacial score (nSPS) is 18.2. The first kappa shape index (κ1) is 25.4. The van der Waals surface area contributed by atoms with E-state index in [0.29, 0.717) is 24.0 Å². The van der Waals surface area contributed by atoms with E-state index < -0.39 is 21.4 Å². The van der Waals surface area contributed by atoms with Crippen LogP contribution in [0.1, 0.15) is 43.7 Å². The minimum absolute atomic E-state index is 0.0777. The SMILES string of the molecule is COC(c1ncc(Cl)cn1)C(C)S(=O)(=O)Nc1nnc(-c2cncc(C)c2)n1C[C@@H]1CCCCO1. The van der Waals surface area contributed by atoms with Crippen molar-refractivity contribution in [3.8, 4) is 11.4 Å². The van der Waals surface area contributed by atoms with Gasteiger partial charge in [-0.15, -0.1) is 10.2 Å². The first-order valence-corrected chi connectivity index (χ1v) is 13.2. The van der Waals surface area contributed by atoms with Crippen LogP contribution in [0, 0.1) is 6.92 Å². The van der Waals surface area contributed by atoms with E-state index in [0.717, 1.165) is 30.4 Å². The number of methoxy groups -OCH3 is 1. The largest absolute Gasteiger partial charge is 0.376 e. The molecule has 0 aromatic carbocycles. The summed E-state index contributed by atoms with van der Waals surface area (Å²) < 4.78 is 42.5. The lowest BCUT2D eigenvalue weighted by molar-refractivity contribution is 0.00651. The van der Waals surface area contributed by atoms with E-state index in [9.17, 15) is 8.42 Å². The van der Waals surface area contributed by atoms with Crippen LogP contribution in [0.15, 0.2) is 30.9 Å². The van der Waals surface area contributed by atoms with E-state index in [-0.39, 0.29) is 17.9 Å². The maximum Gasteiger partial charge on any atom is 0.240 e. The van der Waals surface area contributed by atoms with Gasteiger partial charge in [0, 0.05) is 44.1 Å². The summed E-state index contributed by atoms with van der Waals surface area (Å²) in [5.74, 6) is 0.804. The topological polar surface area (TPSA) is 134 Å². The van der Waals surface area contributed by atoms with Crippen molar-refractivity contribution in [1.29, 1.82) is 0 Å². The number of hydrogen-bond donors (Lipinski definition) is 1. The Labute approximate surface area is 209 Å². The van der Waals surface area contributed by atoms with Crippen molar-refractivity contribution in [2.45, 2.75) is 57.1 Å². The molecule has 4 heterocycles. The average molecular weight is 522 g/mol. The summed E-state index contributed by atoms with van der Waals surface area (Å²) in [6.45, 7) is 4.51. The highest BCUT2D eigenvalue weighted by atomic mass is 35.5. The smallest absolute Gasteiger partial charge is 0.240 e. The summed E-state index contributed by atoms with van der Waals surface area (Å²) in [6.07, 6.45) is 8.12. The Kier molecular flexibility index (Phi) is 7.95. The molecule has 0 spiro atoms. The number of pyridine rings is 1. The van der Waals surface area contributed by atoms with Gasteiger partial charge in [0.05, 0.1) is 17.7 Å². The van der Waals surface area contributed by atoms with Crippen molar-refractivity contribution < 1.29 is 17.9 Å². The molecule has 2 unspecified atom stereocenters. The molecule has 3 aromatic heterocycles. The van der Waals surface area contributed by atoms with Crippen molar-refractivity contribution in [3.63, 3.8) is 0 Å². The maximum absolute atomic E-state index is 13.4. The van der Waals surface area contributed by atoms with Gasteiger partial charge in [0.2, 0.25) is 16.0 Å². The van der Waals surface area contributed by atoms with Crippen molar-refractivity contribution in [2.24, 2.45) is 0 Å². The van der Waals surface area contributed by atoms with Gasteiger partial charge in [-0.25, -0.2) is 18.4 Å². The minimum atomic E-state index is -3.99. The highest BCUT2D eigenvalue weighted by molar-refractivity contribution is 7.93. The predicted octanol–water partition coefficient (Wildman–Crippen LogP) is 3.18. The van der Waals surface area contributed by atoms with Crippen LogP contribution in [0.4, 0.5) is 5.95 Å². The fourth-order valence-corrected chi connectivity index (χ4v) is 5.20. The quantitative estimate of drug-likeness (QED) is 0.450. The molecule has 0 amide bonds. The molecule has 1 fully saturated rings. The van der Waals surface area contributed by atoms with Crippen LogP contribution in [-0.2, 0) is 26.0 Å². The van der Waals surface area contributed by atoms with Crippen molar-refractivity contribution in [1.82, 2.24) is 29.7 Å². The van der Waals surface area contributed by atoms with Crippen molar-refractivity contribution in [2.75, 3.05) is 18.4 Å². The summed E-state index contributed by atoms with van der Waals surface area (Å²) in [5.41, 5.74) is 1.68. The molecular formula is C22H28ClN7O4S. The third-order valence-electron chi connectivity index (χ3n) is 5.84. The fourth-order valence-electron chi connectivity index (χ4n) is 3.96. The molecule has 1 N–H and O–H groups in total. The van der Waals surface area contributed by atoms with Gasteiger partial charge in [0.15, 0.2) is 11.6 Å². The Morgan fingerprint density at radius 3 is 2.66 bits per heavy atom. The number of nitrogens with one attached hydrogen (secondary N) is 1. The maximum atomic E-state index is 13.4. The van der Waals surface area contributed by atoms with Gasteiger partial charge in [-0.1, -0.05) is 11.6 Å². The second-order valence-electron chi connectivity index (χ2n) is 8.47. The first-order chi connectivity index (χ1) is 16.8. The molecule has 11 nitrogen and oxygen atoms in total. The Balaban J connectivity index is 1.65. The lowest BCUT2D eigenvalue weighted by Gasteiger charge is -2.25. The van der Waals surface area contributed by atoms with Gasteiger partial charge in [-0.3, -0.25) is 14.3 Å². The van der Waals surface area contributed by atoms with Crippen LogP contribution in [0.3, 0.4) is 0 Å². The number of halogens is 1. The summed E-state index contributed by atoms with van der Waals surface area (Å²) in [6, 6.07) is 1.93. The van der Waals surface area contributed by atoms with Gasteiger partial charge >= 0.3 is 0 Å². The standard InChI is InChI=1S/C22H28ClN7O4S/c1-14-8-16(10-24-9-14)21-27-28-22(30(21)13-18-6-4-5-7-34-18)29-35(31,32)15(2)19(33-3)20-25-11-17(23)12-26-20/h8-12,15,18-19H,4-7,13H2,1-3H3,(H,28,29)/t15?,18-,19?/m0/s1. The molecule has 35 heavy (non-hydrogen) atoms. The first-order valence-electron chi connectivity index (χ1n) is 11.3. The van der Waals surface area contributed by atoms with Gasteiger partial charge in [-0.2, -0.15) is 0 Å². The van der Waals surface area contributed by atoms with Crippen LogP contribution in [0.5, 0.6) is 0 Å². The number of ether oxygens (including phenoxy) is 2. The Bertz CT molecular complexity index is 1250. The molecule has 1 aliphatic heterocycles. The van der Waals surface area contributed by atoms with Crippen LogP contribution in [0.25, 0.3) is 11.4 Å². The number of hydrogen-bond acceptors (Lipinski definition) is 9. The lowest BCUT2D eigenvalue weighted by Crippen LogP contribution is -2.34. The third-order valence-corrected chi connectivity index (χ3v) is 7.73. The summed E-state index contributed by atoms with van der Waals surface area (Å²) in [4.78, 5) is 12.5. The number of nitrogens with zero attached hydrogens (tertiary/aromatic N) is 6. The Morgan fingerprint density at radius 2 is 2.00 bits per heavy atom. The number of aromatic nitrogens is 6. The Hall–Kier alpha value is -2.67. The van der Waals surface area contributed by atoms with Gasteiger partial charge < -0.3 is 9.47 Å². The molecule has 0 aliphatic carbocycles. The summed E-state index contributed by atoms with van der Waals surface area (Å²) in [7, 11) is -2.59. The Morgan fingerprint density at radius 1 is 1.23 bits per heavy atom.